The SMILES string of the molecule is CC(CC(O)(F)F)c1cc([N+](=O)[O-])ccc1F. The van der Waals surface area contributed by atoms with E-state index < -0.39 is 29.2 Å². The summed E-state index contributed by atoms with van der Waals surface area (Å²) in [6, 6.07) is 2.69. The Morgan fingerprint density at radius 1 is 1.53 bits per heavy atom. The molecule has 1 atom stereocenters. The predicted octanol–water partition coefficient (Wildman–Crippen LogP) is 2.81. The molecule has 1 N–H and O–H groups in total. The minimum atomic E-state index is -3.93. The Hall–Kier alpha value is -1.63. The second kappa shape index (κ2) is 4.70. The van der Waals surface area contributed by atoms with Gasteiger partial charge in [0.1, 0.15) is 5.82 Å². The number of non-ortho nitro benzene ring substituents is 1. The van der Waals surface area contributed by atoms with Crippen molar-refractivity contribution in [1.82, 2.24) is 0 Å². The van der Waals surface area contributed by atoms with E-state index in [1.165, 1.54) is 6.92 Å². The number of hydrogen-bond acceptors (Lipinski definition) is 3. The number of halogens is 3. The molecule has 1 aromatic carbocycles. The number of rotatable bonds is 4. The van der Waals surface area contributed by atoms with Gasteiger partial charge in [-0.2, -0.15) is 8.78 Å². The number of hydrogen-bond donors (Lipinski definition) is 1. The van der Waals surface area contributed by atoms with Crippen LogP contribution < -0.4 is 0 Å². The topological polar surface area (TPSA) is 63.4 Å². The molecule has 1 rings (SSSR count). The fraction of sp³-hybridized carbons (Fsp3) is 0.400. The van der Waals surface area contributed by atoms with Crippen molar-refractivity contribution in [2.75, 3.05) is 0 Å². The third-order valence-electron chi connectivity index (χ3n) is 2.27. The molecule has 94 valence electrons. The Labute approximate surface area is 94.8 Å². The Balaban J connectivity index is 3.04. The molecular formula is C10H10F3NO3. The molecule has 0 fully saturated rings. The summed E-state index contributed by atoms with van der Waals surface area (Å²) in [6.45, 7) is 1.26. The lowest BCUT2D eigenvalue weighted by molar-refractivity contribution is -0.385. The van der Waals surface area contributed by atoms with Crippen molar-refractivity contribution in [3.05, 3.63) is 39.7 Å². The van der Waals surface area contributed by atoms with Crippen LogP contribution in [0.25, 0.3) is 0 Å². The first kappa shape index (κ1) is 13.4. The molecule has 4 nitrogen and oxygen atoms in total. The molecular weight excluding hydrogens is 239 g/mol. The lowest BCUT2D eigenvalue weighted by atomic mass is 9.96. The van der Waals surface area contributed by atoms with Crippen LogP contribution in [-0.2, 0) is 0 Å². The van der Waals surface area contributed by atoms with E-state index in [2.05, 4.69) is 0 Å². The van der Waals surface area contributed by atoms with Crippen LogP contribution >= 0.6 is 0 Å². The van der Waals surface area contributed by atoms with Crippen LogP contribution in [0.4, 0.5) is 18.9 Å². The van der Waals surface area contributed by atoms with E-state index in [0.29, 0.717) is 0 Å². The maximum absolute atomic E-state index is 13.3. The first-order chi connectivity index (χ1) is 7.70. The number of nitrogens with zero attached hydrogens (tertiary/aromatic N) is 1. The molecule has 0 radical (unpaired) electrons. The molecule has 0 aromatic heterocycles. The lowest BCUT2D eigenvalue weighted by Gasteiger charge is -2.16. The summed E-state index contributed by atoms with van der Waals surface area (Å²) >= 11 is 0. The lowest BCUT2D eigenvalue weighted by Crippen LogP contribution is -2.18. The molecule has 0 aliphatic carbocycles. The number of nitro groups is 1. The van der Waals surface area contributed by atoms with Crippen molar-refractivity contribution in [3.63, 3.8) is 0 Å². The summed E-state index contributed by atoms with van der Waals surface area (Å²) in [5, 5.41) is 18.8. The van der Waals surface area contributed by atoms with E-state index in [1.807, 2.05) is 0 Å². The summed E-state index contributed by atoms with van der Waals surface area (Å²) in [4.78, 5) is 9.71. The quantitative estimate of drug-likeness (QED) is 0.659. The molecule has 0 heterocycles. The summed E-state index contributed by atoms with van der Waals surface area (Å²) in [5.74, 6) is -1.85. The van der Waals surface area contributed by atoms with E-state index >= 15 is 0 Å². The van der Waals surface area contributed by atoms with E-state index in [9.17, 15) is 23.3 Å². The molecule has 0 aliphatic rings. The summed E-state index contributed by atoms with van der Waals surface area (Å²) in [7, 11) is 0. The van der Waals surface area contributed by atoms with Crippen LogP contribution in [0.1, 0.15) is 24.8 Å². The maximum Gasteiger partial charge on any atom is 0.353 e. The number of alkyl halides is 2. The molecule has 7 heteroatoms. The van der Waals surface area contributed by atoms with Gasteiger partial charge in [-0.15, -0.1) is 0 Å². The van der Waals surface area contributed by atoms with Crippen molar-refractivity contribution >= 4 is 5.69 Å². The standard InChI is InChI=1S/C10H10F3NO3/c1-6(5-10(12,13)15)8-4-7(14(16)17)2-3-9(8)11/h2-4,6,15H,5H2,1H3. The van der Waals surface area contributed by atoms with Gasteiger partial charge in [0, 0.05) is 18.6 Å². The van der Waals surface area contributed by atoms with Gasteiger partial charge in [-0.05, 0) is 17.5 Å². The zero-order chi connectivity index (χ0) is 13.2. The third-order valence-corrected chi connectivity index (χ3v) is 2.27. The molecule has 0 bridgehead atoms. The van der Waals surface area contributed by atoms with Crippen LogP contribution in [0.3, 0.4) is 0 Å². The Bertz CT molecular complexity index is 431. The highest BCUT2D eigenvalue weighted by atomic mass is 19.3. The van der Waals surface area contributed by atoms with Crippen LogP contribution in [-0.4, -0.2) is 16.1 Å². The van der Waals surface area contributed by atoms with Gasteiger partial charge in [0.05, 0.1) is 4.92 Å². The van der Waals surface area contributed by atoms with Gasteiger partial charge in [-0.3, -0.25) is 10.1 Å². The van der Waals surface area contributed by atoms with E-state index in [-0.39, 0.29) is 11.3 Å². The van der Waals surface area contributed by atoms with Crippen LogP contribution in [0.5, 0.6) is 0 Å². The largest absolute Gasteiger partial charge is 0.353 e. The van der Waals surface area contributed by atoms with E-state index in [4.69, 9.17) is 5.11 Å². The van der Waals surface area contributed by atoms with Crippen LogP contribution in [0.2, 0.25) is 0 Å². The Morgan fingerprint density at radius 2 is 2.12 bits per heavy atom. The molecule has 0 saturated carbocycles. The summed E-state index contributed by atoms with van der Waals surface area (Å²) in [5.41, 5.74) is -0.595. The van der Waals surface area contributed by atoms with Crippen molar-refractivity contribution in [2.24, 2.45) is 0 Å². The van der Waals surface area contributed by atoms with Gasteiger partial charge in [0.25, 0.3) is 5.69 Å². The molecule has 0 saturated heterocycles. The Morgan fingerprint density at radius 3 is 2.59 bits per heavy atom. The number of benzene rings is 1. The minimum Gasteiger partial charge on any atom is -0.336 e. The second-order valence-electron chi connectivity index (χ2n) is 3.73. The molecule has 0 amide bonds. The first-order valence-corrected chi connectivity index (χ1v) is 4.75. The van der Waals surface area contributed by atoms with Crippen molar-refractivity contribution in [1.29, 1.82) is 0 Å². The fourth-order valence-electron chi connectivity index (χ4n) is 1.50. The van der Waals surface area contributed by atoms with Gasteiger partial charge in [-0.1, -0.05) is 6.92 Å². The number of nitro benzene ring substituents is 1. The van der Waals surface area contributed by atoms with Gasteiger partial charge in [0.2, 0.25) is 0 Å². The second-order valence-corrected chi connectivity index (χ2v) is 3.73. The average Bonchev–Trinajstić information content (AvgIpc) is 2.14. The van der Waals surface area contributed by atoms with Gasteiger partial charge >= 0.3 is 6.11 Å². The highest BCUT2D eigenvalue weighted by Crippen LogP contribution is 2.31. The third kappa shape index (κ3) is 3.70. The smallest absolute Gasteiger partial charge is 0.336 e. The van der Waals surface area contributed by atoms with Crippen LogP contribution in [0.15, 0.2) is 18.2 Å². The van der Waals surface area contributed by atoms with Crippen molar-refractivity contribution in [3.8, 4) is 0 Å². The summed E-state index contributed by atoms with van der Waals surface area (Å²) < 4.78 is 38.0. The van der Waals surface area contributed by atoms with Gasteiger partial charge < -0.3 is 5.11 Å². The van der Waals surface area contributed by atoms with Crippen molar-refractivity contribution < 1.29 is 23.2 Å². The monoisotopic (exact) mass is 249 g/mol. The van der Waals surface area contributed by atoms with Crippen LogP contribution in [0, 0.1) is 15.9 Å². The zero-order valence-electron chi connectivity index (χ0n) is 8.86. The minimum absolute atomic E-state index is 0.215. The fourth-order valence-corrected chi connectivity index (χ4v) is 1.50. The molecule has 1 unspecified atom stereocenters. The average molecular weight is 249 g/mol. The Kier molecular flexibility index (Phi) is 3.72. The molecule has 0 spiro atoms. The predicted molar refractivity (Wildman–Crippen MR) is 53.3 cm³/mol. The van der Waals surface area contributed by atoms with E-state index in [0.717, 1.165) is 18.2 Å². The van der Waals surface area contributed by atoms with Gasteiger partial charge in [-0.25, -0.2) is 4.39 Å². The van der Waals surface area contributed by atoms with Crippen molar-refractivity contribution in [2.45, 2.75) is 25.4 Å². The van der Waals surface area contributed by atoms with Gasteiger partial charge in [0.15, 0.2) is 0 Å². The zero-order valence-corrected chi connectivity index (χ0v) is 8.86. The number of aliphatic hydroxyl groups is 1. The highest BCUT2D eigenvalue weighted by Gasteiger charge is 2.29. The molecule has 0 aliphatic heterocycles. The summed E-state index contributed by atoms with van der Waals surface area (Å²) in [6.07, 6.45) is -4.93. The normalized spacial score (nSPS) is 13.5. The molecule has 17 heavy (non-hydrogen) atoms. The van der Waals surface area contributed by atoms with E-state index in [1.54, 1.807) is 0 Å². The molecule has 1 aromatic rings. The maximum atomic E-state index is 13.3. The highest BCUT2D eigenvalue weighted by molar-refractivity contribution is 5.37. The first-order valence-electron chi connectivity index (χ1n) is 4.75.